The zero-order valence-electron chi connectivity index (χ0n) is 23.3. The number of para-hydroxylation sites is 1. The molecule has 1 atom stereocenters. The Hall–Kier alpha value is -5.03. The smallest absolute Gasteiger partial charge is 0.340 e. The monoisotopic (exact) mass is 538 g/mol. The molecule has 0 amide bonds. The number of carbonyl (C=O) groups is 1. The minimum Gasteiger partial charge on any atom is -0.456 e. The van der Waals surface area contributed by atoms with Crippen LogP contribution in [0.1, 0.15) is 45.1 Å². The summed E-state index contributed by atoms with van der Waals surface area (Å²) in [7, 11) is 0. The Morgan fingerprint density at radius 3 is 2.24 bits per heavy atom. The van der Waals surface area contributed by atoms with E-state index in [9.17, 15) is 4.79 Å². The van der Waals surface area contributed by atoms with E-state index in [2.05, 4.69) is 66.5 Å². The highest BCUT2D eigenvalue weighted by Crippen LogP contribution is 2.59. The third-order valence-electron chi connectivity index (χ3n) is 7.96. The van der Waals surface area contributed by atoms with Gasteiger partial charge < -0.3 is 19.7 Å². The van der Waals surface area contributed by atoms with Gasteiger partial charge in [-0.15, -0.1) is 0 Å². The van der Waals surface area contributed by atoms with Crippen LogP contribution in [0, 0.1) is 13.8 Å². The van der Waals surface area contributed by atoms with Crippen molar-refractivity contribution in [3.63, 3.8) is 0 Å². The Kier molecular flexibility index (Phi) is 5.82. The van der Waals surface area contributed by atoms with Crippen molar-refractivity contribution in [3.05, 3.63) is 143 Å². The van der Waals surface area contributed by atoms with Crippen molar-refractivity contribution in [3.8, 4) is 11.5 Å². The third kappa shape index (κ3) is 3.96. The molecule has 5 aromatic rings. The molecule has 1 unspecified atom stereocenters. The van der Waals surface area contributed by atoms with Gasteiger partial charge in [-0.25, -0.2) is 4.79 Å². The summed E-state index contributed by atoms with van der Waals surface area (Å²) >= 11 is 0. The summed E-state index contributed by atoms with van der Waals surface area (Å²) in [6.07, 6.45) is 0. The molecule has 2 aliphatic rings. The molecule has 1 spiro atoms. The summed E-state index contributed by atoms with van der Waals surface area (Å²) in [6, 6.07) is 36.5. The first-order valence-corrected chi connectivity index (χ1v) is 13.9. The van der Waals surface area contributed by atoms with Crippen LogP contribution in [-0.2, 0) is 10.3 Å². The quantitative estimate of drug-likeness (QED) is 0.227. The molecule has 2 heterocycles. The van der Waals surface area contributed by atoms with Crippen molar-refractivity contribution >= 4 is 28.7 Å². The lowest BCUT2D eigenvalue weighted by Gasteiger charge is -2.38. The Balaban J connectivity index is 1.45. The molecule has 0 fully saturated rings. The molecule has 2 aliphatic heterocycles. The van der Waals surface area contributed by atoms with Crippen molar-refractivity contribution in [2.45, 2.75) is 26.4 Å². The molecule has 0 saturated heterocycles. The number of fused-ring (bicyclic) bond motifs is 6. The summed E-state index contributed by atoms with van der Waals surface area (Å²) in [6.45, 7) is 7.05. The lowest BCUT2D eigenvalue weighted by molar-refractivity contribution is 0.0227. The summed E-state index contributed by atoms with van der Waals surface area (Å²) in [4.78, 5) is 15.7. The molecule has 0 saturated carbocycles. The minimum atomic E-state index is -1.17. The molecule has 0 aromatic heterocycles. The maximum absolute atomic E-state index is 13.4. The Bertz CT molecular complexity index is 1800. The first-order chi connectivity index (χ1) is 20.0. The number of hydrogen-bond donors (Lipinski definition) is 1. The molecule has 0 bridgehead atoms. The van der Waals surface area contributed by atoms with Gasteiger partial charge in [0.1, 0.15) is 11.5 Å². The van der Waals surface area contributed by atoms with Crippen molar-refractivity contribution in [2.24, 2.45) is 0 Å². The highest BCUT2D eigenvalue weighted by atomic mass is 16.6. The van der Waals surface area contributed by atoms with Crippen molar-refractivity contribution in [1.82, 2.24) is 0 Å². The predicted molar refractivity (Wildman–Crippen MR) is 163 cm³/mol. The zero-order valence-corrected chi connectivity index (χ0v) is 23.3. The Morgan fingerprint density at radius 1 is 0.732 bits per heavy atom. The van der Waals surface area contributed by atoms with Gasteiger partial charge >= 0.3 is 5.97 Å². The van der Waals surface area contributed by atoms with Gasteiger partial charge in [0.05, 0.1) is 16.8 Å². The molecule has 1 N–H and O–H groups in total. The van der Waals surface area contributed by atoms with Crippen LogP contribution in [0.4, 0.5) is 22.7 Å². The lowest BCUT2D eigenvalue weighted by Crippen LogP contribution is -2.34. The number of aryl methyl sites for hydroxylation is 2. The summed E-state index contributed by atoms with van der Waals surface area (Å²) in [5, 5.41) is 3.59. The van der Waals surface area contributed by atoms with Crippen LogP contribution in [0.2, 0.25) is 0 Å². The van der Waals surface area contributed by atoms with Gasteiger partial charge in [-0.1, -0.05) is 54.1 Å². The van der Waals surface area contributed by atoms with Crippen LogP contribution in [-0.4, -0.2) is 12.5 Å². The van der Waals surface area contributed by atoms with E-state index in [1.807, 2.05) is 73.7 Å². The molecule has 0 aliphatic carbocycles. The van der Waals surface area contributed by atoms with Gasteiger partial charge in [0.15, 0.2) is 5.60 Å². The highest BCUT2D eigenvalue weighted by Gasteiger charge is 2.54. The molecular formula is C36H30N2O3. The van der Waals surface area contributed by atoms with Crippen LogP contribution in [0.3, 0.4) is 0 Å². The van der Waals surface area contributed by atoms with Crippen LogP contribution >= 0.6 is 0 Å². The third-order valence-corrected chi connectivity index (χ3v) is 7.96. The largest absolute Gasteiger partial charge is 0.456 e. The number of rotatable bonds is 5. The normalized spacial score (nSPS) is 16.3. The Labute approximate surface area is 240 Å². The second-order valence-electron chi connectivity index (χ2n) is 10.7. The second-order valence-corrected chi connectivity index (χ2v) is 10.7. The molecule has 41 heavy (non-hydrogen) atoms. The maximum Gasteiger partial charge on any atom is 0.340 e. The number of esters is 1. The van der Waals surface area contributed by atoms with Gasteiger partial charge in [0.25, 0.3) is 0 Å². The van der Waals surface area contributed by atoms with E-state index < -0.39 is 5.60 Å². The fourth-order valence-electron chi connectivity index (χ4n) is 6.12. The molecule has 7 rings (SSSR count). The van der Waals surface area contributed by atoms with Gasteiger partial charge in [-0.2, -0.15) is 0 Å². The highest BCUT2D eigenvalue weighted by molar-refractivity contribution is 5.98. The van der Waals surface area contributed by atoms with E-state index in [1.165, 1.54) is 5.56 Å². The van der Waals surface area contributed by atoms with Gasteiger partial charge in [0, 0.05) is 40.8 Å². The SMILES string of the molecule is CCN(c1ccc(C)cc1)c1ccc2c(c1)Oc1cc(C)cc(Nc3ccccc3)c1C21OC(=O)c2ccccc21. The average molecular weight is 539 g/mol. The van der Waals surface area contributed by atoms with E-state index in [-0.39, 0.29) is 5.97 Å². The molecule has 5 nitrogen and oxygen atoms in total. The molecule has 0 radical (unpaired) electrons. The van der Waals surface area contributed by atoms with Crippen LogP contribution in [0.15, 0.2) is 109 Å². The van der Waals surface area contributed by atoms with E-state index in [4.69, 9.17) is 9.47 Å². The Morgan fingerprint density at radius 2 is 1.46 bits per heavy atom. The lowest BCUT2D eigenvalue weighted by atomic mass is 9.76. The number of carbonyl (C=O) groups excluding carboxylic acids is 1. The predicted octanol–water partition coefficient (Wildman–Crippen LogP) is 8.77. The molecule has 5 heteroatoms. The number of hydrogen-bond acceptors (Lipinski definition) is 5. The summed E-state index contributed by atoms with van der Waals surface area (Å²) < 4.78 is 13.2. The molecule has 5 aromatic carbocycles. The molecular weight excluding hydrogens is 508 g/mol. The first kappa shape index (κ1) is 25.0. The van der Waals surface area contributed by atoms with E-state index >= 15 is 0 Å². The number of benzene rings is 5. The maximum atomic E-state index is 13.4. The van der Waals surface area contributed by atoms with Crippen molar-refractivity contribution in [2.75, 3.05) is 16.8 Å². The topological polar surface area (TPSA) is 50.8 Å². The fourth-order valence-corrected chi connectivity index (χ4v) is 6.12. The van der Waals surface area contributed by atoms with Crippen molar-refractivity contribution in [1.29, 1.82) is 0 Å². The fraction of sp³-hybridized carbons (Fsp3) is 0.139. The van der Waals surface area contributed by atoms with Gasteiger partial charge in [0.2, 0.25) is 0 Å². The first-order valence-electron chi connectivity index (χ1n) is 13.9. The van der Waals surface area contributed by atoms with Crippen molar-refractivity contribution < 1.29 is 14.3 Å². The minimum absolute atomic E-state index is 0.343. The van der Waals surface area contributed by atoms with E-state index in [1.54, 1.807) is 0 Å². The zero-order chi connectivity index (χ0) is 28.1. The second kappa shape index (κ2) is 9.56. The summed E-state index contributed by atoms with van der Waals surface area (Å²) in [5.74, 6) is 0.988. The van der Waals surface area contributed by atoms with Gasteiger partial charge in [-0.05, 0) is 80.9 Å². The van der Waals surface area contributed by atoms with E-state index in [0.717, 1.165) is 51.5 Å². The summed E-state index contributed by atoms with van der Waals surface area (Å²) in [5.41, 5.74) is 7.92. The van der Waals surface area contributed by atoms with Crippen LogP contribution in [0.25, 0.3) is 0 Å². The van der Waals surface area contributed by atoms with Gasteiger partial charge in [-0.3, -0.25) is 0 Å². The number of anilines is 4. The number of ether oxygens (including phenoxy) is 2. The van der Waals surface area contributed by atoms with Crippen LogP contribution in [0.5, 0.6) is 11.5 Å². The molecule has 202 valence electrons. The van der Waals surface area contributed by atoms with Crippen LogP contribution < -0.4 is 15.0 Å². The standard InChI is InChI=1S/C36H30N2O3/c1-4-38(26-16-14-23(2)15-17-26)27-18-19-30-32(22-27)40-33-21-24(3)20-31(37-25-10-6-5-7-11-25)34(33)36(30)29-13-9-8-12-28(29)35(39)41-36/h5-22,37H,4H2,1-3H3. The number of nitrogens with one attached hydrogen (secondary N) is 1. The number of nitrogens with zero attached hydrogens (tertiary/aromatic N) is 1. The van der Waals surface area contributed by atoms with E-state index in [0.29, 0.717) is 17.1 Å². The average Bonchev–Trinajstić information content (AvgIpc) is 3.27.